The van der Waals surface area contributed by atoms with E-state index in [1.165, 1.54) is 21.3 Å². The fraction of sp³-hybridized carbons (Fsp3) is 0.476. The third-order valence-corrected chi connectivity index (χ3v) is 4.95. The van der Waals surface area contributed by atoms with Crippen LogP contribution in [0.2, 0.25) is 0 Å². The summed E-state index contributed by atoms with van der Waals surface area (Å²) in [4.78, 5) is 16.8. The number of methoxy groups -OCH3 is 3. The fourth-order valence-corrected chi connectivity index (χ4v) is 3.39. The molecule has 1 aliphatic heterocycles. The van der Waals surface area contributed by atoms with Crippen molar-refractivity contribution in [2.45, 2.75) is 18.9 Å². The van der Waals surface area contributed by atoms with Crippen molar-refractivity contribution in [3.63, 3.8) is 0 Å². The Kier molecular flexibility index (Phi) is 6.81. The van der Waals surface area contributed by atoms with E-state index in [0.717, 1.165) is 18.7 Å². The summed E-state index contributed by atoms with van der Waals surface area (Å²) in [5.41, 5.74) is 0.472. The summed E-state index contributed by atoms with van der Waals surface area (Å²) in [6.45, 7) is 1.12. The van der Waals surface area contributed by atoms with Gasteiger partial charge in [0.05, 0.1) is 27.9 Å². The SMILES string of the molecule is COc1cc(C(=O)N2CCCC(Oc3ccc(N(C)C)nn3)C2)cc(OC)c1OC. The molecule has 2 heterocycles. The maximum Gasteiger partial charge on any atom is 0.254 e. The molecule has 0 bridgehead atoms. The Bertz CT molecular complexity index is 847. The number of anilines is 1. The Morgan fingerprint density at radius 3 is 2.30 bits per heavy atom. The number of likely N-dealkylation sites (tertiary alicyclic amines) is 1. The van der Waals surface area contributed by atoms with Gasteiger partial charge in [-0.1, -0.05) is 0 Å². The molecule has 1 amide bonds. The van der Waals surface area contributed by atoms with Gasteiger partial charge in [0.25, 0.3) is 5.91 Å². The van der Waals surface area contributed by atoms with Crippen LogP contribution in [0.25, 0.3) is 0 Å². The number of rotatable bonds is 7. The highest BCUT2D eigenvalue weighted by Gasteiger charge is 2.27. The second-order valence-corrected chi connectivity index (χ2v) is 7.17. The van der Waals surface area contributed by atoms with Crippen molar-refractivity contribution in [1.29, 1.82) is 0 Å². The van der Waals surface area contributed by atoms with Crippen LogP contribution in [0.3, 0.4) is 0 Å². The molecule has 0 spiro atoms. The molecular formula is C21H28N4O5. The molecule has 2 aromatic rings. The first-order valence-corrected chi connectivity index (χ1v) is 9.73. The first-order chi connectivity index (χ1) is 14.5. The average Bonchev–Trinajstić information content (AvgIpc) is 2.78. The lowest BCUT2D eigenvalue weighted by Gasteiger charge is -2.32. The minimum atomic E-state index is -0.149. The van der Waals surface area contributed by atoms with E-state index >= 15 is 0 Å². The van der Waals surface area contributed by atoms with Gasteiger partial charge < -0.3 is 28.7 Å². The smallest absolute Gasteiger partial charge is 0.254 e. The van der Waals surface area contributed by atoms with Crippen molar-refractivity contribution in [3.05, 3.63) is 29.8 Å². The Labute approximate surface area is 176 Å². The molecule has 1 aliphatic rings. The minimum absolute atomic E-state index is 0.114. The number of carbonyl (C=O) groups is 1. The number of benzene rings is 1. The third kappa shape index (κ3) is 4.67. The first kappa shape index (κ1) is 21.5. The van der Waals surface area contributed by atoms with Gasteiger partial charge in [0, 0.05) is 32.3 Å². The number of ether oxygens (including phenoxy) is 4. The molecule has 3 rings (SSSR count). The van der Waals surface area contributed by atoms with Crippen molar-refractivity contribution in [1.82, 2.24) is 15.1 Å². The van der Waals surface area contributed by atoms with Crippen LogP contribution in [0.4, 0.5) is 5.82 Å². The molecule has 30 heavy (non-hydrogen) atoms. The lowest BCUT2D eigenvalue weighted by atomic mass is 10.1. The van der Waals surface area contributed by atoms with Crippen LogP contribution in [-0.4, -0.2) is 75.6 Å². The number of carbonyl (C=O) groups excluding carboxylic acids is 1. The Balaban J connectivity index is 1.72. The van der Waals surface area contributed by atoms with E-state index in [4.69, 9.17) is 18.9 Å². The minimum Gasteiger partial charge on any atom is -0.493 e. The average molecular weight is 416 g/mol. The summed E-state index contributed by atoms with van der Waals surface area (Å²) in [7, 11) is 8.39. The van der Waals surface area contributed by atoms with Crippen molar-refractivity contribution in [2.75, 3.05) is 53.4 Å². The van der Waals surface area contributed by atoms with Gasteiger partial charge in [-0.25, -0.2) is 0 Å². The summed E-state index contributed by atoms with van der Waals surface area (Å²) in [6, 6.07) is 6.98. The highest BCUT2D eigenvalue weighted by atomic mass is 16.5. The number of aromatic nitrogens is 2. The lowest BCUT2D eigenvalue weighted by Crippen LogP contribution is -2.44. The molecule has 1 aromatic carbocycles. The molecule has 0 N–H and O–H groups in total. The Morgan fingerprint density at radius 1 is 1.07 bits per heavy atom. The molecule has 1 saturated heterocycles. The van der Waals surface area contributed by atoms with Gasteiger partial charge in [-0.05, 0) is 31.0 Å². The maximum absolute atomic E-state index is 13.1. The molecule has 0 saturated carbocycles. The monoisotopic (exact) mass is 416 g/mol. The fourth-order valence-electron chi connectivity index (χ4n) is 3.39. The highest BCUT2D eigenvalue weighted by molar-refractivity contribution is 5.95. The molecular weight excluding hydrogens is 388 g/mol. The van der Waals surface area contributed by atoms with E-state index in [9.17, 15) is 4.79 Å². The van der Waals surface area contributed by atoms with E-state index in [-0.39, 0.29) is 12.0 Å². The number of nitrogens with zero attached hydrogens (tertiary/aromatic N) is 4. The molecule has 0 aliphatic carbocycles. The summed E-state index contributed by atoms with van der Waals surface area (Å²) < 4.78 is 22.0. The highest BCUT2D eigenvalue weighted by Crippen LogP contribution is 2.38. The van der Waals surface area contributed by atoms with E-state index in [1.54, 1.807) is 23.1 Å². The number of piperidine rings is 1. The lowest BCUT2D eigenvalue weighted by molar-refractivity contribution is 0.0525. The van der Waals surface area contributed by atoms with Gasteiger partial charge in [-0.15, -0.1) is 10.2 Å². The van der Waals surface area contributed by atoms with Crippen molar-refractivity contribution in [2.24, 2.45) is 0 Å². The summed E-state index contributed by atoms with van der Waals surface area (Å²) in [6.07, 6.45) is 1.53. The first-order valence-electron chi connectivity index (χ1n) is 9.73. The molecule has 0 radical (unpaired) electrons. The second kappa shape index (κ2) is 9.51. The van der Waals surface area contributed by atoms with Crippen LogP contribution in [0, 0.1) is 0 Å². The molecule has 1 fully saturated rings. The van der Waals surface area contributed by atoms with Crippen LogP contribution in [-0.2, 0) is 0 Å². The molecule has 1 aromatic heterocycles. The summed E-state index contributed by atoms with van der Waals surface area (Å²) >= 11 is 0. The molecule has 9 nitrogen and oxygen atoms in total. The van der Waals surface area contributed by atoms with Crippen LogP contribution in [0.5, 0.6) is 23.1 Å². The summed E-state index contributed by atoms with van der Waals surface area (Å²) in [5, 5.41) is 8.25. The van der Waals surface area contributed by atoms with Crippen molar-refractivity contribution < 1.29 is 23.7 Å². The maximum atomic E-state index is 13.1. The van der Waals surface area contributed by atoms with Crippen LogP contribution < -0.4 is 23.8 Å². The van der Waals surface area contributed by atoms with Gasteiger partial charge >= 0.3 is 0 Å². The van der Waals surface area contributed by atoms with E-state index in [0.29, 0.717) is 41.8 Å². The van der Waals surface area contributed by atoms with E-state index < -0.39 is 0 Å². The molecule has 9 heteroatoms. The second-order valence-electron chi connectivity index (χ2n) is 7.17. The molecule has 1 unspecified atom stereocenters. The van der Waals surface area contributed by atoms with E-state index in [2.05, 4.69) is 10.2 Å². The van der Waals surface area contributed by atoms with Crippen LogP contribution in [0.15, 0.2) is 24.3 Å². The number of hydrogen-bond acceptors (Lipinski definition) is 8. The number of amides is 1. The predicted molar refractivity (Wildman–Crippen MR) is 112 cm³/mol. The topological polar surface area (TPSA) is 86.2 Å². The van der Waals surface area contributed by atoms with Gasteiger partial charge in [0.2, 0.25) is 11.6 Å². The van der Waals surface area contributed by atoms with Crippen LogP contribution >= 0.6 is 0 Å². The Hall–Kier alpha value is -3.23. The zero-order valence-corrected chi connectivity index (χ0v) is 18.0. The van der Waals surface area contributed by atoms with Gasteiger partial charge in [0.1, 0.15) is 6.10 Å². The predicted octanol–water partition coefficient (Wildman–Crippen LogP) is 2.25. The quantitative estimate of drug-likeness (QED) is 0.679. The zero-order valence-electron chi connectivity index (χ0n) is 18.0. The van der Waals surface area contributed by atoms with Crippen molar-refractivity contribution in [3.8, 4) is 23.1 Å². The molecule has 162 valence electrons. The van der Waals surface area contributed by atoms with Gasteiger partial charge in [-0.3, -0.25) is 4.79 Å². The van der Waals surface area contributed by atoms with Crippen molar-refractivity contribution >= 4 is 11.7 Å². The normalized spacial score (nSPS) is 16.0. The van der Waals surface area contributed by atoms with Gasteiger partial charge in [-0.2, -0.15) is 0 Å². The zero-order chi connectivity index (χ0) is 21.7. The summed E-state index contributed by atoms with van der Waals surface area (Å²) in [5.74, 6) is 2.44. The number of hydrogen-bond donors (Lipinski definition) is 0. The van der Waals surface area contributed by atoms with Gasteiger partial charge in [0.15, 0.2) is 17.3 Å². The standard InChI is InChI=1S/C21H28N4O5/c1-24(2)18-8-9-19(23-22-18)30-15-7-6-10-25(13-15)21(26)14-11-16(27-3)20(29-5)17(12-14)28-4/h8-9,11-12,15H,6-7,10,13H2,1-5H3. The third-order valence-electron chi connectivity index (χ3n) is 4.95. The Morgan fingerprint density at radius 2 is 1.77 bits per heavy atom. The molecule has 1 atom stereocenters. The van der Waals surface area contributed by atoms with E-state index in [1.807, 2.05) is 25.1 Å². The van der Waals surface area contributed by atoms with Crippen LogP contribution in [0.1, 0.15) is 23.2 Å². The largest absolute Gasteiger partial charge is 0.493 e.